The first-order valence-corrected chi connectivity index (χ1v) is 4.47. The summed E-state index contributed by atoms with van der Waals surface area (Å²) in [4.78, 5) is 17.3. The van der Waals surface area contributed by atoms with E-state index in [-0.39, 0.29) is 11.7 Å². The third kappa shape index (κ3) is 1.66. The molecule has 0 aliphatic heterocycles. The van der Waals surface area contributed by atoms with E-state index in [9.17, 15) is 10.1 Å². The fraction of sp³-hybridized carbons (Fsp3) is 0.222. The number of rotatable bonds is 2. The summed E-state index contributed by atoms with van der Waals surface area (Å²) in [7, 11) is 0. The van der Waals surface area contributed by atoms with Gasteiger partial charge in [0, 0.05) is 12.1 Å². The first-order chi connectivity index (χ1) is 7.08. The molecule has 6 nitrogen and oxygen atoms in total. The lowest BCUT2D eigenvalue weighted by Crippen LogP contribution is -2.06. The molecule has 0 saturated heterocycles. The molecule has 0 fully saturated rings. The van der Waals surface area contributed by atoms with Gasteiger partial charge in [-0.3, -0.25) is 10.1 Å². The van der Waals surface area contributed by atoms with Crippen LogP contribution in [0.1, 0.15) is 18.8 Å². The van der Waals surface area contributed by atoms with Crippen LogP contribution in [0.4, 0.5) is 5.69 Å². The molecule has 2 rings (SSSR count). The van der Waals surface area contributed by atoms with Gasteiger partial charge in [-0.05, 0) is 13.0 Å². The van der Waals surface area contributed by atoms with Gasteiger partial charge >= 0.3 is 0 Å². The lowest BCUT2D eigenvalue weighted by Gasteiger charge is -1.96. The molecule has 1 unspecified atom stereocenters. The maximum Gasteiger partial charge on any atom is 0.271 e. The second-order valence-electron chi connectivity index (χ2n) is 3.37. The average molecular weight is 206 g/mol. The standard InChI is InChI=1S/C9H10N4O2/c1-5(10)9-11-7-3-2-6(13(14)15)4-8(7)12-9/h2-5H,10H2,1H3,(H,11,12). The number of nitrogens with zero attached hydrogens (tertiary/aromatic N) is 2. The number of nitrogens with two attached hydrogens (primary N) is 1. The highest BCUT2D eigenvalue weighted by Gasteiger charge is 2.10. The van der Waals surface area contributed by atoms with Crippen molar-refractivity contribution >= 4 is 16.7 Å². The highest BCUT2D eigenvalue weighted by Crippen LogP contribution is 2.20. The number of benzene rings is 1. The van der Waals surface area contributed by atoms with Crippen molar-refractivity contribution < 1.29 is 4.92 Å². The van der Waals surface area contributed by atoms with Crippen molar-refractivity contribution in [1.82, 2.24) is 9.97 Å². The van der Waals surface area contributed by atoms with Crippen LogP contribution in [0.5, 0.6) is 0 Å². The van der Waals surface area contributed by atoms with E-state index in [1.54, 1.807) is 13.0 Å². The number of H-pyrrole nitrogens is 1. The number of fused-ring (bicyclic) bond motifs is 1. The van der Waals surface area contributed by atoms with Gasteiger partial charge in [0.05, 0.1) is 22.0 Å². The van der Waals surface area contributed by atoms with E-state index in [0.29, 0.717) is 16.9 Å². The molecule has 0 bridgehead atoms. The van der Waals surface area contributed by atoms with Crippen molar-refractivity contribution in [1.29, 1.82) is 0 Å². The van der Waals surface area contributed by atoms with Crippen LogP contribution >= 0.6 is 0 Å². The zero-order valence-corrected chi connectivity index (χ0v) is 8.10. The molecule has 0 aliphatic carbocycles. The van der Waals surface area contributed by atoms with E-state index >= 15 is 0 Å². The molecule has 0 spiro atoms. The quantitative estimate of drug-likeness (QED) is 0.574. The molecular weight excluding hydrogens is 196 g/mol. The summed E-state index contributed by atoms with van der Waals surface area (Å²) in [6, 6.07) is 4.27. The Labute approximate surface area is 85.3 Å². The summed E-state index contributed by atoms with van der Waals surface area (Å²) in [5, 5.41) is 10.5. The molecule has 1 aromatic heterocycles. The van der Waals surface area contributed by atoms with Crippen molar-refractivity contribution in [3.8, 4) is 0 Å². The maximum absolute atomic E-state index is 10.5. The molecule has 0 amide bonds. The third-order valence-corrected chi connectivity index (χ3v) is 2.13. The van der Waals surface area contributed by atoms with Gasteiger partial charge in [0.1, 0.15) is 5.82 Å². The van der Waals surface area contributed by atoms with Crippen molar-refractivity contribution in [3.63, 3.8) is 0 Å². The topological polar surface area (TPSA) is 97.8 Å². The van der Waals surface area contributed by atoms with Crippen molar-refractivity contribution in [2.24, 2.45) is 5.73 Å². The molecule has 0 radical (unpaired) electrons. The van der Waals surface area contributed by atoms with E-state index in [0.717, 1.165) is 0 Å². The normalized spacial score (nSPS) is 12.9. The molecule has 15 heavy (non-hydrogen) atoms. The fourth-order valence-corrected chi connectivity index (χ4v) is 1.35. The highest BCUT2D eigenvalue weighted by molar-refractivity contribution is 5.77. The number of nitro benzene ring substituents is 1. The van der Waals surface area contributed by atoms with E-state index < -0.39 is 4.92 Å². The van der Waals surface area contributed by atoms with Gasteiger partial charge in [0.25, 0.3) is 5.69 Å². The molecule has 2 aromatic rings. The number of non-ortho nitro benzene ring substituents is 1. The zero-order valence-electron chi connectivity index (χ0n) is 8.10. The Morgan fingerprint density at radius 3 is 2.93 bits per heavy atom. The Hall–Kier alpha value is -1.95. The van der Waals surface area contributed by atoms with Gasteiger partial charge in [-0.25, -0.2) is 4.98 Å². The Kier molecular flexibility index (Phi) is 2.12. The zero-order chi connectivity index (χ0) is 11.0. The van der Waals surface area contributed by atoms with Crippen LogP contribution in [0, 0.1) is 10.1 Å². The Morgan fingerprint density at radius 1 is 1.60 bits per heavy atom. The highest BCUT2D eigenvalue weighted by atomic mass is 16.6. The minimum Gasteiger partial charge on any atom is -0.340 e. The number of aromatic amines is 1. The number of aromatic nitrogens is 2. The lowest BCUT2D eigenvalue weighted by molar-refractivity contribution is -0.384. The maximum atomic E-state index is 10.5. The summed E-state index contributed by atoms with van der Waals surface area (Å²) in [5.41, 5.74) is 7.02. The Bertz CT molecular complexity index is 518. The second-order valence-corrected chi connectivity index (χ2v) is 3.37. The predicted molar refractivity (Wildman–Crippen MR) is 55.4 cm³/mol. The number of imidazole rings is 1. The van der Waals surface area contributed by atoms with Gasteiger partial charge in [-0.15, -0.1) is 0 Å². The summed E-state index contributed by atoms with van der Waals surface area (Å²) in [6.45, 7) is 1.80. The molecule has 78 valence electrons. The van der Waals surface area contributed by atoms with Crippen LogP contribution in [0.15, 0.2) is 18.2 Å². The number of nitro groups is 1. The van der Waals surface area contributed by atoms with E-state index in [4.69, 9.17) is 5.73 Å². The number of hydrogen-bond donors (Lipinski definition) is 2. The molecule has 0 saturated carbocycles. The minimum atomic E-state index is -0.439. The summed E-state index contributed by atoms with van der Waals surface area (Å²) < 4.78 is 0. The van der Waals surface area contributed by atoms with Crippen LogP contribution in [0.25, 0.3) is 11.0 Å². The number of hydrogen-bond acceptors (Lipinski definition) is 4. The molecule has 1 heterocycles. The summed E-state index contributed by atoms with van der Waals surface area (Å²) >= 11 is 0. The van der Waals surface area contributed by atoms with Crippen LogP contribution in [-0.4, -0.2) is 14.9 Å². The first kappa shape index (κ1) is 9.60. The summed E-state index contributed by atoms with van der Waals surface area (Å²) in [5.74, 6) is 0.630. The number of nitrogens with one attached hydrogen (secondary N) is 1. The van der Waals surface area contributed by atoms with E-state index in [2.05, 4.69) is 9.97 Å². The largest absolute Gasteiger partial charge is 0.340 e. The molecule has 0 aliphatic rings. The van der Waals surface area contributed by atoms with E-state index in [1.807, 2.05) is 0 Å². The molecule has 1 atom stereocenters. The predicted octanol–water partition coefficient (Wildman–Crippen LogP) is 1.49. The first-order valence-electron chi connectivity index (χ1n) is 4.47. The molecule has 3 N–H and O–H groups in total. The van der Waals surface area contributed by atoms with Crippen LogP contribution in [0.2, 0.25) is 0 Å². The van der Waals surface area contributed by atoms with Crippen molar-refractivity contribution in [2.75, 3.05) is 0 Å². The van der Waals surface area contributed by atoms with Gasteiger partial charge in [-0.2, -0.15) is 0 Å². The van der Waals surface area contributed by atoms with E-state index in [1.165, 1.54) is 12.1 Å². The second kappa shape index (κ2) is 3.32. The van der Waals surface area contributed by atoms with Gasteiger partial charge in [0.15, 0.2) is 0 Å². The van der Waals surface area contributed by atoms with Crippen LogP contribution in [-0.2, 0) is 0 Å². The van der Waals surface area contributed by atoms with Gasteiger partial charge in [0.2, 0.25) is 0 Å². The Morgan fingerprint density at radius 2 is 2.33 bits per heavy atom. The van der Waals surface area contributed by atoms with Crippen LogP contribution < -0.4 is 5.73 Å². The smallest absolute Gasteiger partial charge is 0.271 e. The Balaban J connectivity index is 2.57. The lowest BCUT2D eigenvalue weighted by atomic mass is 10.3. The van der Waals surface area contributed by atoms with Crippen LogP contribution in [0.3, 0.4) is 0 Å². The van der Waals surface area contributed by atoms with Crippen molar-refractivity contribution in [3.05, 3.63) is 34.1 Å². The third-order valence-electron chi connectivity index (χ3n) is 2.13. The van der Waals surface area contributed by atoms with Crippen molar-refractivity contribution in [2.45, 2.75) is 13.0 Å². The minimum absolute atomic E-state index is 0.0439. The molecule has 1 aromatic carbocycles. The fourth-order valence-electron chi connectivity index (χ4n) is 1.35. The van der Waals surface area contributed by atoms with Gasteiger partial charge in [-0.1, -0.05) is 0 Å². The average Bonchev–Trinajstić information content (AvgIpc) is 2.59. The molecule has 6 heteroatoms. The molecular formula is C9H10N4O2. The van der Waals surface area contributed by atoms with Gasteiger partial charge < -0.3 is 10.7 Å². The SMILES string of the molecule is CC(N)c1nc2ccc([N+](=O)[O-])cc2[nH]1. The summed E-state index contributed by atoms with van der Waals surface area (Å²) in [6.07, 6.45) is 0. The monoisotopic (exact) mass is 206 g/mol.